The number of rotatable bonds is 4. The van der Waals surface area contributed by atoms with Gasteiger partial charge in [-0.05, 0) is 30.5 Å². The van der Waals surface area contributed by atoms with Crippen LogP contribution in [0.1, 0.15) is 43.5 Å². The topological polar surface area (TPSA) is 38.9 Å². The summed E-state index contributed by atoms with van der Waals surface area (Å²) in [6.45, 7) is 10.0. The predicted octanol–water partition coefficient (Wildman–Crippen LogP) is 4.02. The Balaban J connectivity index is 3.23. The van der Waals surface area contributed by atoms with Crippen molar-refractivity contribution in [1.82, 2.24) is 4.98 Å². The molecule has 90 valence electrons. The van der Waals surface area contributed by atoms with Crippen molar-refractivity contribution in [3.8, 4) is 0 Å². The maximum Gasteiger partial charge on any atom is 0.127 e. The fraction of sp³-hybridized carbons (Fsp3) is 0.267. The van der Waals surface area contributed by atoms with Gasteiger partial charge in [-0.1, -0.05) is 44.7 Å². The van der Waals surface area contributed by atoms with Gasteiger partial charge in [0.25, 0.3) is 0 Å². The fourth-order valence-corrected chi connectivity index (χ4v) is 1.59. The maximum absolute atomic E-state index is 5.95. The molecule has 1 heterocycles. The third kappa shape index (κ3) is 3.31. The Morgan fingerprint density at radius 1 is 1.35 bits per heavy atom. The Bertz CT molecular complexity index is 454. The number of aromatic nitrogens is 1. The molecule has 0 aliphatic rings. The molecule has 2 nitrogen and oxygen atoms in total. The normalized spacial score (nSPS) is 11.8. The van der Waals surface area contributed by atoms with Gasteiger partial charge in [-0.15, -0.1) is 0 Å². The average Bonchev–Trinajstić information content (AvgIpc) is 2.29. The van der Waals surface area contributed by atoms with Crippen molar-refractivity contribution in [2.24, 2.45) is 0 Å². The molecule has 0 spiro atoms. The highest BCUT2D eigenvalue weighted by Crippen LogP contribution is 2.24. The third-order valence-electron chi connectivity index (χ3n) is 2.54. The zero-order valence-corrected chi connectivity index (χ0v) is 10.8. The Kier molecular flexibility index (Phi) is 4.70. The van der Waals surface area contributed by atoms with E-state index in [1.54, 1.807) is 0 Å². The molecule has 0 saturated heterocycles. The summed E-state index contributed by atoms with van der Waals surface area (Å²) in [5.74, 6) is 0.973. The van der Waals surface area contributed by atoms with Gasteiger partial charge in [0.1, 0.15) is 5.82 Å². The van der Waals surface area contributed by atoms with Crippen LogP contribution in [0.4, 0.5) is 5.82 Å². The minimum atomic E-state index is 0.370. The number of anilines is 1. The van der Waals surface area contributed by atoms with Crippen LogP contribution in [0.25, 0.3) is 12.2 Å². The van der Waals surface area contributed by atoms with Gasteiger partial charge in [-0.25, -0.2) is 4.98 Å². The van der Waals surface area contributed by atoms with Gasteiger partial charge < -0.3 is 5.73 Å². The molecule has 17 heavy (non-hydrogen) atoms. The number of hydrogen-bond acceptors (Lipinski definition) is 2. The molecule has 0 radical (unpaired) electrons. The molecule has 0 aliphatic heterocycles. The molecule has 0 aromatic carbocycles. The van der Waals surface area contributed by atoms with Crippen molar-refractivity contribution in [2.45, 2.75) is 26.7 Å². The standard InChI is InChI=1S/C15H20N2/c1-5-7-8-9-14-12(6-2)10-13(11(3)4)15(16)17-14/h5-11H,2H2,1,3-4H3,(H2,16,17)/b7-5-,9-8-. The summed E-state index contributed by atoms with van der Waals surface area (Å²) in [7, 11) is 0. The fourth-order valence-electron chi connectivity index (χ4n) is 1.59. The lowest BCUT2D eigenvalue weighted by Crippen LogP contribution is -2.02. The molecule has 1 aromatic heterocycles. The van der Waals surface area contributed by atoms with Crippen LogP contribution in [0.3, 0.4) is 0 Å². The molecule has 0 fully saturated rings. The van der Waals surface area contributed by atoms with E-state index >= 15 is 0 Å². The van der Waals surface area contributed by atoms with Crippen LogP contribution in [-0.2, 0) is 0 Å². The van der Waals surface area contributed by atoms with Gasteiger partial charge in [0.15, 0.2) is 0 Å². The number of nitrogens with zero attached hydrogens (tertiary/aromatic N) is 1. The summed E-state index contributed by atoms with van der Waals surface area (Å²) in [4.78, 5) is 4.42. The largest absolute Gasteiger partial charge is 0.383 e. The summed E-state index contributed by atoms with van der Waals surface area (Å²) in [5.41, 5.74) is 8.90. The van der Waals surface area contributed by atoms with Gasteiger partial charge >= 0.3 is 0 Å². The number of nitrogens with two attached hydrogens (primary N) is 1. The SMILES string of the molecule is C=Cc1cc(C(C)C)c(N)nc1/C=C\C=C/C. The van der Waals surface area contributed by atoms with Crippen LogP contribution in [0.2, 0.25) is 0 Å². The highest BCUT2D eigenvalue weighted by Gasteiger charge is 2.08. The molecule has 0 saturated carbocycles. The van der Waals surface area contributed by atoms with Crippen molar-refractivity contribution in [1.29, 1.82) is 0 Å². The van der Waals surface area contributed by atoms with E-state index in [1.807, 2.05) is 37.3 Å². The first-order chi connectivity index (χ1) is 8.10. The van der Waals surface area contributed by atoms with E-state index in [-0.39, 0.29) is 0 Å². The molecule has 1 aromatic rings. The second-order valence-electron chi connectivity index (χ2n) is 4.18. The van der Waals surface area contributed by atoms with E-state index in [9.17, 15) is 0 Å². The van der Waals surface area contributed by atoms with Gasteiger partial charge in [0, 0.05) is 5.56 Å². The number of allylic oxidation sites excluding steroid dienone is 3. The predicted molar refractivity (Wildman–Crippen MR) is 76.7 cm³/mol. The summed E-state index contributed by atoms with van der Waals surface area (Å²) < 4.78 is 0. The Morgan fingerprint density at radius 2 is 2.06 bits per heavy atom. The van der Waals surface area contributed by atoms with Crippen LogP contribution in [-0.4, -0.2) is 4.98 Å². The molecule has 0 amide bonds. The van der Waals surface area contributed by atoms with Crippen LogP contribution in [0.5, 0.6) is 0 Å². The summed E-state index contributed by atoms with van der Waals surface area (Å²) >= 11 is 0. The van der Waals surface area contributed by atoms with Crippen LogP contribution in [0.15, 0.2) is 30.9 Å². The molecule has 0 bridgehead atoms. The third-order valence-corrected chi connectivity index (χ3v) is 2.54. The molecule has 0 unspecified atom stereocenters. The van der Waals surface area contributed by atoms with Crippen LogP contribution >= 0.6 is 0 Å². The second kappa shape index (κ2) is 6.04. The second-order valence-corrected chi connectivity index (χ2v) is 4.18. The van der Waals surface area contributed by atoms with E-state index in [1.165, 1.54) is 0 Å². The monoisotopic (exact) mass is 228 g/mol. The van der Waals surface area contributed by atoms with Crippen molar-refractivity contribution in [3.63, 3.8) is 0 Å². The molecule has 0 atom stereocenters. The first kappa shape index (κ1) is 13.2. The minimum Gasteiger partial charge on any atom is -0.383 e. The summed E-state index contributed by atoms with van der Waals surface area (Å²) in [5, 5.41) is 0. The van der Waals surface area contributed by atoms with Crippen LogP contribution in [0, 0.1) is 0 Å². The van der Waals surface area contributed by atoms with Crippen molar-refractivity contribution in [2.75, 3.05) is 5.73 Å². The first-order valence-electron chi connectivity index (χ1n) is 5.82. The first-order valence-corrected chi connectivity index (χ1v) is 5.82. The van der Waals surface area contributed by atoms with Crippen molar-refractivity contribution >= 4 is 18.0 Å². The average molecular weight is 228 g/mol. The summed E-state index contributed by atoms with van der Waals surface area (Å²) in [6, 6.07) is 2.06. The lowest BCUT2D eigenvalue weighted by molar-refractivity contribution is 0.861. The smallest absolute Gasteiger partial charge is 0.127 e. The van der Waals surface area contributed by atoms with Crippen molar-refractivity contribution < 1.29 is 0 Å². The Morgan fingerprint density at radius 3 is 2.59 bits per heavy atom. The lowest BCUT2D eigenvalue weighted by Gasteiger charge is -2.11. The highest BCUT2D eigenvalue weighted by molar-refractivity contribution is 5.66. The zero-order valence-electron chi connectivity index (χ0n) is 10.8. The van der Waals surface area contributed by atoms with E-state index in [0.29, 0.717) is 11.7 Å². The molecular weight excluding hydrogens is 208 g/mol. The highest BCUT2D eigenvalue weighted by atomic mass is 14.8. The number of pyridine rings is 1. The van der Waals surface area contributed by atoms with Gasteiger partial charge in [-0.2, -0.15) is 0 Å². The molecule has 0 aliphatic carbocycles. The van der Waals surface area contributed by atoms with E-state index < -0.39 is 0 Å². The maximum atomic E-state index is 5.95. The van der Waals surface area contributed by atoms with Gasteiger partial charge in [0.05, 0.1) is 5.69 Å². The quantitative estimate of drug-likeness (QED) is 0.790. The van der Waals surface area contributed by atoms with E-state index in [0.717, 1.165) is 16.8 Å². The lowest BCUT2D eigenvalue weighted by atomic mass is 10.0. The molecular formula is C15H20N2. The van der Waals surface area contributed by atoms with Gasteiger partial charge in [-0.3, -0.25) is 0 Å². The molecule has 2 N–H and O–H groups in total. The number of hydrogen-bond donors (Lipinski definition) is 1. The van der Waals surface area contributed by atoms with Crippen LogP contribution < -0.4 is 5.73 Å². The minimum absolute atomic E-state index is 0.370. The zero-order chi connectivity index (χ0) is 12.8. The number of nitrogen functional groups attached to an aromatic ring is 1. The summed E-state index contributed by atoms with van der Waals surface area (Å²) in [6.07, 6.45) is 9.63. The Hall–Kier alpha value is -1.83. The molecule has 1 rings (SSSR count). The molecule has 2 heteroatoms. The van der Waals surface area contributed by atoms with E-state index in [4.69, 9.17) is 5.73 Å². The van der Waals surface area contributed by atoms with Gasteiger partial charge in [0.2, 0.25) is 0 Å². The van der Waals surface area contributed by atoms with Crippen molar-refractivity contribution in [3.05, 3.63) is 47.7 Å². The Labute approximate surface area is 104 Å². The van der Waals surface area contributed by atoms with E-state index in [2.05, 4.69) is 31.5 Å².